The highest BCUT2D eigenvalue weighted by atomic mass is 35.5. The number of hydrogen-bond donors (Lipinski definition) is 2. The number of benzene rings is 1. The van der Waals surface area contributed by atoms with Crippen LogP contribution in [0.4, 0.5) is 0 Å². The lowest BCUT2D eigenvalue weighted by Crippen LogP contribution is -2.10. The number of halogens is 1. The van der Waals surface area contributed by atoms with Gasteiger partial charge in [-0.05, 0) is 23.8 Å². The van der Waals surface area contributed by atoms with Crippen molar-refractivity contribution >= 4 is 28.5 Å². The number of aromatic carboxylic acids is 1. The van der Waals surface area contributed by atoms with Gasteiger partial charge in [0.1, 0.15) is 11.1 Å². The van der Waals surface area contributed by atoms with Gasteiger partial charge in [0.2, 0.25) is 0 Å². The van der Waals surface area contributed by atoms with E-state index in [4.69, 9.17) is 16.0 Å². The molecule has 1 aromatic carbocycles. The standard InChI is InChI=1S/C18H10ClNO4/c19-12-2-1-3-14-15(12)11(8-24-14)9-4-6-10-13(7-5-9)20-17(21)16(10)18(22)23/h1-8H,(H,20,21)(H,22,23). The molecule has 0 bridgehead atoms. The molecule has 1 aliphatic carbocycles. The Bertz CT molecular complexity index is 1130. The Morgan fingerprint density at radius 3 is 2.67 bits per heavy atom. The first-order valence-electron chi connectivity index (χ1n) is 7.11. The van der Waals surface area contributed by atoms with E-state index in [0.29, 0.717) is 21.9 Å². The van der Waals surface area contributed by atoms with Gasteiger partial charge in [-0.15, -0.1) is 0 Å². The Balaban J connectivity index is 1.98. The first kappa shape index (κ1) is 14.5. The van der Waals surface area contributed by atoms with Crippen molar-refractivity contribution < 1.29 is 14.3 Å². The van der Waals surface area contributed by atoms with Gasteiger partial charge in [-0.1, -0.05) is 35.9 Å². The van der Waals surface area contributed by atoms with Crippen molar-refractivity contribution in [3.8, 4) is 22.4 Å². The molecule has 4 rings (SSSR count). The highest BCUT2D eigenvalue weighted by molar-refractivity contribution is 6.36. The predicted molar refractivity (Wildman–Crippen MR) is 90.9 cm³/mol. The molecular formula is C18H10ClNO4. The first-order chi connectivity index (χ1) is 11.6. The molecule has 0 amide bonds. The molecule has 0 unspecified atom stereocenters. The topological polar surface area (TPSA) is 83.3 Å². The van der Waals surface area contributed by atoms with E-state index in [0.717, 1.165) is 16.5 Å². The Kier molecular flexibility index (Phi) is 3.18. The summed E-state index contributed by atoms with van der Waals surface area (Å²) in [6.07, 6.45) is 1.61. The quantitative estimate of drug-likeness (QED) is 0.572. The summed E-state index contributed by atoms with van der Waals surface area (Å²) in [5.41, 5.74) is 2.22. The first-order valence-corrected chi connectivity index (χ1v) is 7.49. The molecule has 2 heterocycles. The summed E-state index contributed by atoms with van der Waals surface area (Å²) in [6, 6.07) is 12.2. The van der Waals surface area contributed by atoms with Crippen LogP contribution in [0.25, 0.3) is 33.4 Å². The summed E-state index contributed by atoms with van der Waals surface area (Å²) in [5.74, 6) is -1.25. The molecule has 118 valence electrons. The number of H-pyrrole nitrogens is 1. The minimum Gasteiger partial charge on any atom is -0.477 e. The Labute approximate surface area is 140 Å². The van der Waals surface area contributed by atoms with E-state index in [9.17, 15) is 14.7 Å². The molecule has 0 saturated heterocycles. The lowest BCUT2D eigenvalue weighted by molar-refractivity contribution is 0.0696. The molecule has 1 aliphatic heterocycles. The van der Waals surface area contributed by atoms with Crippen LogP contribution in [0.5, 0.6) is 0 Å². The van der Waals surface area contributed by atoms with Gasteiger partial charge in [-0.25, -0.2) is 4.79 Å². The molecule has 2 aliphatic rings. The zero-order valence-electron chi connectivity index (χ0n) is 12.2. The van der Waals surface area contributed by atoms with E-state index in [1.54, 1.807) is 42.7 Å². The highest BCUT2D eigenvalue weighted by Gasteiger charge is 2.20. The second-order valence-electron chi connectivity index (χ2n) is 5.35. The molecule has 0 radical (unpaired) electrons. The number of furan rings is 1. The minimum atomic E-state index is -1.25. The monoisotopic (exact) mass is 339 g/mol. The lowest BCUT2D eigenvalue weighted by atomic mass is 10.1. The third kappa shape index (κ3) is 2.10. The number of fused-ring (bicyclic) bond motifs is 2. The van der Waals surface area contributed by atoms with Gasteiger partial charge in [0.05, 0.1) is 11.3 Å². The fourth-order valence-electron chi connectivity index (χ4n) is 2.87. The van der Waals surface area contributed by atoms with E-state index in [1.165, 1.54) is 0 Å². The van der Waals surface area contributed by atoms with Crippen molar-refractivity contribution in [1.29, 1.82) is 0 Å². The Morgan fingerprint density at radius 2 is 1.88 bits per heavy atom. The maximum absolute atomic E-state index is 11.7. The largest absolute Gasteiger partial charge is 0.477 e. The van der Waals surface area contributed by atoms with Gasteiger partial charge in [-0.2, -0.15) is 0 Å². The molecule has 0 saturated carbocycles. The van der Waals surface area contributed by atoms with Crippen molar-refractivity contribution in [3.63, 3.8) is 0 Å². The number of aromatic amines is 1. The third-order valence-corrected chi connectivity index (χ3v) is 4.28. The predicted octanol–water partition coefficient (Wildman–Crippen LogP) is 4.24. The summed E-state index contributed by atoms with van der Waals surface area (Å²) in [4.78, 5) is 25.6. The summed E-state index contributed by atoms with van der Waals surface area (Å²) < 4.78 is 5.54. The van der Waals surface area contributed by atoms with E-state index in [1.807, 2.05) is 6.07 Å². The molecule has 0 atom stereocenters. The van der Waals surface area contributed by atoms with Gasteiger partial charge in [0, 0.05) is 22.2 Å². The average Bonchev–Trinajstić information content (AvgIpc) is 3.04. The SMILES string of the molecule is O=C(O)c1c2ccc(-c3coc4cccc(Cl)c34)ccc-2[nH]c1=O. The summed E-state index contributed by atoms with van der Waals surface area (Å²) in [5, 5.41) is 10.6. The minimum absolute atomic E-state index is 0.262. The van der Waals surface area contributed by atoms with E-state index >= 15 is 0 Å². The summed E-state index contributed by atoms with van der Waals surface area (Å²) >= 11 is 6.27. The number of hydrogen-bond acceptors (Lipinski definition) is 3. The van der Waals surface area contributed by atoms with E-state index < -0.39 is 11.5 Å². The maximum atomic E-state index is 11.7. The molecule has 2 N–H and O–H groups in total. The van der Waals surface area contributed by atoms with Crippen LogP contribution < -0.4 is 5.56 Å². The van der Waals surface area contributed by atoms with Gasteiger partial charge < -0.3 is 14.5 Å². The highest BCUT2D eigenvalue weighted by Crippen LogP contribution is 2.36. The fraction of sp³-hybridized carbons (Fsp3) is 0. The van der Waals surface area contributed by atoms with Gasteiger partial charge in [-0.3, -0.25) is 4.79 Å². The van der Waals surface area contributed by atoms with Gasteiger partial charge in [0.25, 0.3) is 5.56 Å². The van der Waals surface area contributed by atoms with Crippen molar-refractivity contribution in [1.82, 2.24) is 4.98 Å². The molecule has 0 fully saturated rings. The van der Waals surface area contributed by atoms with Crippen LogP contribution in [0.3, 0.4) is 0 Å². The zero-order chi connectivity index (χ0) is 16.8. The number of aromatic nitrogens is 1. The van der Waals surface area contributed by atoms with Crippen LogP contribution in [0, 0.1) is 0 Å². The normalized spacial score (nSPS) is 11.2. The van der Waals surface area contributed by atoms with Crippen LogP contribution in [-0.4, -0.2) is 16.1 Å². The van der Waals surface area contributed by atoms with Crippen LogP contribution in [0.2, 0.25) is 5.02 Å². The average molecular weight is 340 g/mol. The molecule has 6 heteroatoms. The smallest absolute Gasteiger partial charge is 0.342 e. The van der Waals surface area contributed by atoms with Crippen molar-refractivity contribution in [2.75, 3.05) is 0 Å². The fourth-order valence-corrected chi connectivity index (χ4v) is 3.13. The Hall–Kier alpha value is -3.05. The molecule has 0 spiro atoms. The number of carboxylic acid groups (broad SMARTS) is 1. The van der Waals surface area contributed by atoms with Crippen molar-refractivity contribution in [3.05, 3.63) is 69.7 Å². The molecule has 24 heavy (non-hydrogen) atoms. The molecule has 5 nitrogen and oxygen atoms in total. The molecular weight excluding hydrogens is 330 g/mol. The second kappa shape index (κ2) is 5.25. The summed E-state index contributed by atoms with van der Waals surface area (Å²) in [7, 11) is 0. The number of nitrogens with one attached hydrogen (secondary N) is 1. The van der Waals surface area contributed by atoms with Gasteiger partial charge in [0.15, 0.2) is 0 Å². The van der Waals surface area contributed by atoms with E-state index in [-0.39, 0.29) is 5.56 Å². The molecule has 1 aromatic heterocycles. The van der Waals surface area contributed by atoms with Crippen molar-refractivity contribution in [2.45, 2.75) is 0 Å². The number of carbonyl (C=O) groups is 1. The van der Waals surface area contributed by atoms with Crippen molar-refractivity contribution in [2.24, 2.45) is 0 Å². The second-order valence-corrected chi connectivity index (χ2v) is 5.75. The van der Waals surface area contributed by atoms with Crippen LogP contribution >= 0.6 is 11.6 Å². The lowest BCUT2D eigenvalue weighted by Gasteiger charge is -1.97. The maximum Gasteiger partial charge on any atom is 0.342 e. The molecule has 2 aromatic rings. The Morgan fingerprint density at radius 1 is 1.08 bits per heavy atom. The van der Waals surface area contributed by atoms with Crippen LogP contribution in [0.15, 0.2) is 57.9 Å². The summed E-state index contributed by atoms with van der Waals surface area (Å²) in [6.45, 7) is 0. The van der Waals surface area contributed by atoms with Gasteiger partial charge >= 0.3 is 5.97 Å². The zero-order valence-corrected chi connectivity index (χ0v) is 12.9. The van der Waals surface area contributed by atoms with E-state index in [2.05, 4.69) is 4.98 Å². The number of rotatable bonds is 2. The number of carboxylic acids is 1. The van der Waals surface area contributed by atoms with Crippen LogP contribution in [0.1, 0.15) is 10.4 Å². The van der Waals surface area contributed by atoms with Crippen LogP contribution in [-0.2, 0) is 0 Å². The third-order valence-electron chi connectivity index (χ3n) is 3.97.